The van der Waals surface area contributed by atoms with E-state index in [9.17, 15) is 14.7 Å². The Hall–Kier alpha value is -4.24. The maximum absolute atomic E-state index is 13.6. The number of carbonyl (C=O) groups is 2. The van der Waals surface area contributed by atoms with E-state index in [1.165, 1.54) is 0 Å². The fraction of sp³-hybridized carbons (Fsp3) is 0.355. The van der Waals surface area contributed by atoms with Crippen LogP contribution in [0.2, 0.25) is 0 Å². The lowest BCUT2D eigenvalue weighted by Crippen LogP contribution is -2.35. The number of carboxylic acid groups (broad SMARTS) is 1. The molecule has 0 spiro atoms. The summed E-state index contributed by atoms with van der Waals surface area (Å²) in [5.74, 6) is 0.108. The zero-order chi connectivity index (χ0) is 27.8. The lowest BCUT2D eigenvalue weighted by Gasteiger charge is -2.27. The zero-order valence-electron chi connectivity index (χ0n) is 22.5. The van der Waals surface area contributed by atoms with Crippen molar-refractivity contribution in [2.45, 2.75) is 38.6 Å². The molecular weight excluding hydrogens is 512 g/mol. The molecule has 1 amide bonds. The van der Waals surface area contributed by atoms with Crippen molar-refractivity contribution in [2.75, 3.05) is 32.0 Å². The van der Waals surface area contributed by atoms with E-state index < -0.39 is 17.9 Å². The van der Waals surface area contributed by atoms with Crippen molar-refractivity contribution in [3.63, 3.8) is 0 Å². The summed E-state index contributed by atoms with van der Waals surface area (Å²) >= 11 is 0. The van der Waals surface area contributed by atoms with E-state index in [4.69, 9.17) is 18.9 Å². The van der Waals surface area contributed by atoms with Gasteiger partial charge in [-0.2, -0.15) is 0 Å². The molecule has 3 atom stereocenters. The third kappa shape index (κ3) is 4.70. The molecule has 3 aliphatic rings. The second-order valence-electron chi connectivity index (χ2n) is 10.3. The number of aryl methyl sites for hydroxylation is 2. The number of fused-ring (bicyclic) bond motifs is 2. The monoisotopic (exact) mass is 544 g/mol. The van der Waals surface area contributed by atoms with Gasteiger partial charge in [0.15, 0.2) is 23.0 Å². The van der Waals surface area contributed by atoms with Crippen LogP contribution in [0.3, 0.4) is 0 Å². The van der Waals surface area contributed by atoms with E-state index in [1.807, 2.05) is 53.4 Å². The van der Waals surface area contributed by atoms with Gasteiger partial charge in [0.25, 0.3) is 0 Å². The molecule has 1 fully saturated rings. The van der Waals surface area contributed by atoms with Crippen LogP contribution >= 0.6 is 0 Å². The van der Waals surface area contributed by atoms with E-state index in [0.717, 1.165) is 40.8 Å². The number of aliphatic carboxylic acids is 1. The van der Waals surface area contributed by atoms with Crippen molar-refractivity contribution < 1.29 is 33.6 Å². The predicted octanol–water partition coefficient (Wildman–Crippen LogP) is 4.75. The minimum atomic E-state index is -0.933. The van der Waals surface area contributed by atoms with Gasteiger partial charge >= 0.3 is 5.97 Å². The molecule has 208 valence electrons. The highest BCUT2D eigenvalue weighted by atomic mass is 16.7. The minimum Gasteiger partial charge on any atom is -0.481 e. The number of hydrogen-bond donors (Lipinski definition) is 2. The quantitative estimate of drug-likeness (QED) is 0.419. The van der Waals surface area contributed by atoms with E-state index in [-0.39, 0.29) is 32.0 Å². The first kappa shape index (κ1) is 26.0. The minimum absolute atomic E-state index is 0.0329. The summed E-state index contributed by atoms with van der Waals surface area (Å²) in [6, 6.07) is 16.5. The molecule has 3 aromatic rings. The van der Waals surface area contributed by atoms with Crippen LogP contribution < -0.4 is 24.3 Å². The molecular formula is C31H32N2O7. The van der Waals surface area contributed by atoms with E-state index in [1.54, 1.807) is 6.07 Å². The molecule has 3 heterocycles. The number of nitrogens with one attached hydrogen (secondary N) is 1. The third-order valence-corrected chi connectivity index (χ3v) is 8.06. The Bertz CT molecular complexity index is 1430. The van der Waals surface area contributed by atoms with Crippen LogP contribution in [0.5, 0.6) is 23.0 Å². The third-order valence-electron chi connectivity index (χ3n) is 8.06. The first-order valence-electron chi connectivity index (χ1n) is 13.6. The van der Waals surface area contributed by atoms with E-state index >= 15 is 0 Å². The number of anilines is 1. The number of amides is 1. The Morgan fingerprint density at radius 1 is 0.850 bits per heavy atom. The highest BCUT2D eigenvalue weighted by Crippen LogP contribution is 2.49. The fourth-order valence-electron chi connectivity index (χ4n) is 6.14. The van der Waals surface area contributed by atoms with Crippen molar-refractivity contribution in [3.05, 3.63) is 76.9 Å². The average Bonchev–Trinajstić information content (AvgIpc) is 3.70. The molecule has 3 aromatic carbocycles. The molecule has 2 N–H and O–H groups in total. The van der Waals surface area contributed by atoms with E-state index in [2.05, 4.69) is 19.2 Å². The molecule has 9 nitrogen and oxygen atoms in total. The molecule has 6 rings (SSSR count). The standard InChI is InChI=1S/C31H32N2O7/c1-3-18-6-5-7-19(4-2)29(18)32-27(34)15-33-14-22(20-8-10-23-25(12-20)39-16-37-23)28(31(35)36)30(33)21-9-11-24-26(13-21)40-17-38-24/h5-13,22,28,30H,3-4,14-17H2,1-2H3,(H,32,34)(H,35,36)/t22-,28-,30+/m1/s1. The number of carbonyl (C=O) groups excluding carboxylic acids is 1. The van der Waals surface area contributed by atoms with Crippen molar-refractivity contribution >= 4 is 17.6 Å². The van der Waals surface area contributed by atoms with Crippen LogP contribution in [0.1, 0.15) is 48.1 Å². The van der Waals surface area contributed by atoms with Crippen molar-refractivity contribution in [3.8, 4) is 23.0 Å². The van der Waals surface area contributed by atoms with Gasteiger partial charge in [0.1, 0.15) is 0 Å². The number of benzene rings is 3. The Balaban J connectivity index is 1.35. The average molecular weight is 545 g/mol. The molecule has 0 aliphatic carbocycles. The van der Waals surface area contributed by atoms with Gasteiger partial charge in [-0.05, 0) is 59.4 Å². The van der Waals surface area contributed by atoms with Crippen LogP contribution in [-0.4, -0.2) is 48.6 Å². The molecule has 0 bridgehead atoms. The lowest BCUT2D eigenvalue weighted by atomic mass is 9.82. The Kier molecular flexibility index (Phi) is 6.98. The van der Waals surface area contributed by atoms with Gasteiger partial charge in [0.05, 0.1) is 12.5 Å². The van der Waals surface area contributed by atoms with Crippen LogP contribution in [0.4, 0.5) is 5.69 Å². The molecule has 0 unspecified atom stereocenters. The van der Waals surface area contributed by atoms with Crippen LogP contribution in [0.15, 0.2) is 54.6 Å². The van der Waals surface area contributed by atoms with Crippen LogP contribution in [0.25, 0.3) is 0 Å². The first-order valence-corrected chi connectivity index (χ1v) is 13.6. The van der Waals surface area contributed by atoms with Gasteiger partial charge in [-0.1, -0.05) is 44.2 Å². The molecule has 1 saturated heterocycles. The van der Waals surface area contributed by atoms with Gasteiger partial charge in [-0.25, -0.2) is 0 Å². The largest absolute Gasteiger partial charge is 0.481 e. The van der Waals surface area contributed by atoms with Crippen LogP contribution in [0, 0.1) is 5.92 Å². The molecule has 0 radical (unpaired) electrons. The van der Waals surface area contributed by atoms with Crippen molar-refractivity contribution in [1.82, 2.24) is 4.90 Å². The number of para-hydroxylation sites is 1. The first-order chi connectivity index (χ1) is 19.5. The summed E-state index contributed by atoms with van der Waals surface area (Å²) in [6.45, 7) is 4.79. The van der Waals surface area contributed by atoms with Gasteiger partial charge in [-0.15, -0.1) is 0 Å². The normalized spacial score (nSPS) is 21.0. The number of likely N-dealkylation sites (tertiary alicyclic amines) is 1. The molecule has 3 aliphatic heterocycles. The molecule has 40 heavy (non-hydrogen) atoms. The highest BCUT2D eigenvalue weighted by molar-refractivity contribution is 5.94. The summed E-state index contributed by atoms with van der Waals surface area (Å²) in [6.07, 6.45) is 1.58. The number of rotatable bonds is 8. The number of nitrogens with zero attached hydrogens (tertiary/aromatic N) is 1. The summed E-state index contributed by atoms with van der Waals surface area (Å²) < 4.78 is 22.1. The van der Waals surface area contributed by atoms with Crippen LogP contribution in [-0.2, 0) is 22.4 Å². The topological polar surface area (TPSA) is 107 Å². The number of hydrogen-bond acceptors (Lipinski definition) is 7. The van der Waals surface area contributed by atoms with Crippen molar-refractivity contribution in [1.29, 1.82) is 0 Å². The Labute approximate surface area is 232 Å². The maximum Gasteiger partial charge on any atom is 0.309 e. The summed E-state index contributed by atoms with van der Waals surface area (Å²) in [4.78, 5) is 28.4. The highest BCUT2D eigenvalue weighted by Gasteiger charge is 2.48. The second kappa shape index (κ2) is 10.7. The Morgan fingerprint density at radius 2 is 1.43 bits per heavy atom. The summed E-state index contributed by atoms with van der Waals surface area (Å²) in [5, 5.41) is 13.7. The molecule has 0 aromatic heterocycles. The predicted molar refractivity (Wildman–Crippen MR) is 147 cm³/mol. The van der Waals surface area contributed by atoms with Gasteiger partial charge in [0.2, 0.25) is 19.5 Å². The summed E-state index contributed by atoms with van der Waals surface area (Å²) in [7, 11) is 0. The number of ether oxygens (including phenoxy) is 4. The Morgan fingerprint density at radius 3 is 2.02 bits per heavy atom. The lowest BCUT2D eigenvalue weighted by molar-refractivity contribution is -0.143. The van der Waals surface area contributed by atoms with Crippen molar-refractivity contribution in [2.24, 2.45) is 5.92 Å². The van der Waals surface area contributed by atoms with Gasteiger partial charge < -0.3 is 29.4 Å². The second-order valence-corrected chi connectivity index (χ2v) is 10.3. The molecule has 9 heteroatoms. The fourth-order valence-corrected chi connectivity index (χ4v) is 6.14. The zero-order valence-corrected chi connectivity index (χ0v) is 22.5. The SMILES string of the molecule is CCc1cccc(CC)c1NC(=O)CN1C[C@H](c2ccc3c(c2)OCO3)[C@@H](C(=O)O)[C@@H]1c1ccc2c(c1)OCO2. The van der Waals surface area contributed by atoms with Gasteiger partial charge in [-0.3, -0.25) is 14.5 Å². The smallest absolute Gasteiger partial charge is 0.309 e. The van der Waals surface area contributed by atoms with E-state index in [0.29, 0.717) is 29.5 Å². The summed E-state index contributed by atoms with van der Waals surface area (Å²) in [5.41, 5.74) is 4.58. The maximum atomic E-state index is 13.6. The van der Waals surface area contributed by atoms with Gasteiger partial charge in [0, 0.05) is 24.2 Å². The molecule has 0 saturated carbocycles. The number of carboxylic acids is 1.